The molecule has 0 amide bonds. The average molecular weight is 499 g/mol. The summed E-state index contributed by atoms with van der Waals surface area (Å²) in [5.74, 6) is 2.36. The van der Waals surface area contributed by atoms with Crippen molar-refractivity contribution in [3.63, 3.8) is 0 Å². The lowest BCUT2D eigenvalue weighted by Crippen LogP contribution is -2.30. The van der Waals surface area contributed by atoms with E-state index in [1.807, 2.05) is 36.4 Å². The third kappa shape index (κ3) is 8.35. The normalized spacial score (nSPS) is 10.8. The lowest BCUT2D eigenvalue weighted by molar-refractivity contribution is 0.172. The van der Waals surface area contributed by atoms with Crippen molar-refractivity contribution in [3.05, 3.63) is 53.6 Å². The molecule has 2 N–H and O–H groups in total. The van der Waals surface area contributed by atoms with Gasteiger partial charge in [-0.1, -0.05) is 12.1 Å². The largest absolute Gasteiger partial charge is 0.497 e. The predicted octanol–water partition coefficient (Wildman–Crippen LogP) is 4.22. The SMILES string of the molecule is CN=C(NCc1cc(C)cc(OC)c1)Nc1cccc(OCCCOC)c1.I. The van der Waals surface area contributed by atoms with E-state index in [0.29, 0.717) is 25.7 Å². The molecule has 154 valence electrons. The number of guanidine groups is 1. The lowest BCUT2D eigenvalue weighted by atomic mass is 10.1. The average Bonchev–Trinajstić information content (AvgIpc) is 2.68. The molecule has 28 heavy (non-hydrogen) atoms. The van der Waals surface area contributed by atoms with Gasteiger partial charge >= 0.3 is 0 Å². The van der Waals surface area contributed by atoms with E-state index < -0.39 is 0 Å². The van der Waals surface area contributed by atoms with Crippen LogP contribution in [0, 0.1) is 6.92 Å². The Kier molecular flexibility index (Phi) is 11.4. The van der Waals surface area contributed by atoms with Gasteiger partial charge in [-0.3, -0.25) is 4.99 Å². The molecule has 0 aliphatic carbocycles. The van der Waals surface area contributed by atoms with E-state index in [9.17, 15) is 0 Å². The first-order valence-electron chi connectivity index (χ1n) is 8.98. The molecule has 0 saturated carbocycles. The lowest BCUT2D eigenvalue weighted by Gasteiger charge is -2.14. The van der Waals surface area contributed by atoms with Crippen molar-refractivity contribution in [1.82, 2.24) is 5.32 Å². The zero-order valence-corrected chi connectivity index (χ0v) is 19.3. The maximum atomic E-state index is 5.74. The van der Waals surface area contributed by atoms with Crippen LogP contribution < -0.4 is 20.1 Å². The van der Waals surface area contributed by atoms with Crippen molar-refractivity contribution in [2.24, 2.45) is 4.99 Å². The summed E-state index contributed by atoms with van der Waals surface area (Å²) in [5.41, 5.74) is 3.20. The number of rotatable bonds is 9. The Labute approximate surface area is 184 Å². The number of hydrogen-bond donors (Lipinski definition) is 2. The van der Waals surface area contributed by atoms with Crippen LogP contribution in [0.15, 0.2) is 47.5 Å². The van der Waals surface area contributed by atoms with E-state index in [4.69, 9.17) is 14.2 Å². The Morgan fingerprint density at radius 2 is 1.86 bits per heavy atom. The van der Waals surface area contributed by atoms with E-state index in [1.54, 1.807) is 21.3 Å². The van der Waals surface area contributed by atoms with Gasteiger partial charge in [0, 0.05) is 45.5 Å². The van der Waals surface area contributed by atoms with E-state index in [0.717, 1.165) is 34.7 Å². The maximum Gasteiger partial charge on any atom is 0.195 e. The van der Waals surface area contributed by atoms with Crippen LogP contribution in [0.25, 0.3) is 0 Å². The highest BCUT2D eigenvalue weighted by Crippen LogP contribution is 2.18. The molecule has 7 heteroatoms. The highest BCUT2D eigenvalue weighted by Gasteiger charge is 2.04. The molecular formula is C21H30IN3O3. The number of ether oxygens (including phenoxy) is 3. The third-order valence-electron chi connectivity index (χ3n) is 3.89. The van der Waals surface area contributed by atoms with Crippen LogP contribution in [0.4, 0.5) is 5.69 Å². The molecule has 2 rings (SSSR count). The summed E-state index contributed by atoms with van der Waals surface area (Å²) in [7, 11) is 5.12. The smallest absolute Gasteiger partial charge is 0.195 e. The van der Waals surface area contributed by atoms with Crippen LogP contribution in [0.1, 0.15) is 17.5 Å². The van der Waals surface area contributed by atoms with Crippen molar-refractivity contribution >= 4 is 35.6 Å². The minimum Gasteiger partial charge on any atom is -0.497 e. The van der Waals surface area contributed by atoms with Crippen LogP contribution >= 0.6 is 24.0 Å². The second-order valence-corrected chi connectivity index (χ2v) is 6.13. The zero-order valence-electron chi connectivity index (χ0n) is 17.0. The highest BCUT2D eigenvalue weighted by atomic mass is 127. The standard InChI is InChI=1S/C21H29N3O3.HI/c1-16-11-17(13-20(12-16)26-4)15-23-21(22-2)24-18-7-5-8-19(14-18)27-10-6-9-25-3;/h5,7-8,11-14H,6,9-10,15H2,1-4H3,(H2,22,23,24);1H. The fraction of sp³-hybridized carbons (Fsp3) is 0.381. The molecule has 0 aliphatic rings. The summed E-state index contributed by atoms with van der Waals surface area (Å²) < 4.78 is 16.1. The number of hydrogen-bond acceptors (Lipinski definition) is 4. The number of nitrogens with one attached hydrogen (secondary N) is 2. The Morgan fingerprint density at radius 1 is 1.04 bits per heavy atom. The summed E-state index contributed by atoms with van der Waals surface area (Å²) >= 11 is 0. The van der Waals surface area contributed by atoms with Crippen molar-refractivity contribution < 1.29 is 14.2 Å². The molecule has 2 aromatic rings. The van der Waals surface area contributed by atoms with Gasteiger partial charge in [-0.05, 0) is 42.3 Å². The van der Waals surface area contributed by atoms with E-state index >= 15 is 0 Å². The summed E-state index contributed by atoms with van der Waals surface area (Å²) in [4.78, 5) is 4.29. The van der Waals surface area contributed by atoms with Gasteiger partial charge in [0.2, 0.25) is 0 Å². The maximum absolute atomic E-state index is 5.74. The molecule has 0 spiro atoms. The van der Waals surface area contributed by atoms with Crippen molar-refractivity contribution in [1.29, 1.82) is 0 Å². The number of aliphatic imine (C=N–C) groups is 1. The van der Waals surface area contributed by atoms with Crippen molar-refractivity contribution in [2.75, 3.05) is 39.8 Å². The van der Waals surface area contributed by atoms with Crippen molar-refractivity contribution in [2.45, 2.75) is 19.9 Å². The Bertz CT molecular complexity index is 753. The van der Waals surface area contributed by atoms with E-state index in [-0.39, 0.29) is 24.0 Å². The quantitative estimate of drug-likeness (QED) is 0.234. The van der Waals surface area contributed by atoms with Crippen LogP contribution in [0.2, 0.25) is 0 Å². The highest BCUT2D eigenvalue weighted by molar-refractivity contribution is 14.0. The number of halogens is 1. The minimum atomic E-state index is 0. The van der Waals surface area contributed by atoms with Gasteiger partial charge < -0.3 is 24.8 Å². The van der Waals surface area contributed by atoms with Gasteiger partial charge in [0.25, 0.3) is 0 Å². The number of nitrogens with zero attached hydrogens (tertiary/aromatic N) is 1. The molecule has 0 radical (unpaired) electrons. The summed E-state index contributed by atoms with van der Waals surface area (Å²) in [5, 5.41) is 6.61. The fourth-order valence-electron chi connectivity index (χ4n) is 2.60. The van der Waals surface area contributed by atoms with Gasteiger partial charge in [-0.15, -0.1) is 24.0 Å². The molecule has 0 aliphatic heterocycles. The molecule has 0 unspecified atom stereocenters. The van der Waals surface area contributed by atoms with Gasteiger partial charge in [-0.25, -0.2) is 0 Å². The van der Waals surface area contributed by atoms with E-state index in [2.05, 4.69) is 28.6 Å². The number of benzene rings is 2. The van der Waals surface area contributed by atoms with Crippen molar-refractivity contribution in [3.8, 4) is 11.5 Å². The first kappa shape index (κ1) is 24.0. The summed E-state index contributed by atoms with van der Waals surface area (Å²) in [6.45, 7) is 4.01. The van der Waals surface area contributed by atoms with E-state index in [1.165, 1.54) is 0 Å². The van der Waals surface area contributed by atoms with Crippen LogP contribution in [0.5, 0.6) is 11.5 Å². The molecule has 0 bridgehead atoms. The molecule has 0 atom stereocenters. The van der Waals surface area contributed by atoms with Gasteiger partial charge in [0.05, 0.1) is 13.7 Å². The van der Waals surface area contributed by atoms with Gasteiger partial charge in [0.15, 0.2) is 5.96 Å². The number of anilines is 1. The second-order valence-electron chi connectivity index (χ2n) is 6.13. The monoisotopic (exact) mass is 499 g/mol. The molecule has 6 nitrogen and oxygen atoms in total. The minimum absolute atomic E-state index is 0. The van der Waals surface area contributed by atoms with Gasteiger partial charge in [0.1, 0.15) is 11.5 Å². The second kappa shape index (κ2) is 13.2. The fourth-order valence-corrected chi connectivity index (χ4v) is 2.60. The Hall–Kier alpha value is -2.00. The van der Waals surface area contributed by atoms with Crippen LogP contribution in [0.3, 0.4) is 0 Å². The molecule has 0 saturated heterocycles. The molecule has 0 aromatic heterocycles. The molecular weight excluding hydrogens is 469 g/mol. The molecule has 2 aromatic carbocycles. The summed E-state index contributed by atoms with van der Waals surface area (Å²) in [6, 6.07) is 14.0. The number of methoxy groups -OCH3 is 2. The first-order chi connectivity index (χ1) is 13.1. The van der Waals surface area contributed by atoms with Crippen LogP contribution in [-0.2, 0) is 11.3 Å². The molecule has 0 heterocycles. The number of aryl methyl sites for hydroxylation is 1. The third-order valence-corrected chi connectivity index (χ3v) is 3.89. The van der Waals surface area contributed by atoms with Gasteiger partial charge in [-0.2, -0.15) is 0 Å². The topological polar surface area (TPSA) is 64.1 Å². The Morgan fingerprint density at radius 3 is 2.57 bits per heavy atom. The predicted molar refractivity (Wildman–Crippen MR) is 125 cm³/mol. The first-order valence-corrected chi connectivity index (χ1v) is 8.98. The molecule has 0 fully saturated rings. The Balaban J connectivity index is 0.00000392. The zero-order chi connectivity index (χ0) is 19.5. The van der Waals surface area contributed by atoms with Crippen LogP contribution in [-0.4, -0.2) is 40.4 Å². The summed E-state index contributed by atoms with van der Waals surface area (Å²) in [6.07, 6.45) is 0.858.